The Labute approximate surface area is 215 Å². The molecular formula is C27H22F3N3O5. The van der Waals surface area contributed by atoms with Crippen molar-refractivity contribution in [2.75, 3.05) is 4.90 Å². The number of aryl methyl sites for hydroxylation is 1. The SMILES string of the molecule is Cc1ccc(C[C@H]2C(=O)N(Cc3cccc(C(F)(F)F)c3)C=CN2c2ccc(C(=O)O)cc2[N+](=O)[O-])cc1. The second-order valence-corrected chi connectivity index (χ2v) is 8.84. The Hall–Kier alpha value is -4.67. The molecule has 3 aromatic carbocycles. The Morgan fingerprint density at radius 2 is 1.74 bits per heavy atom. The van der Waals surface area contributed by atoms with Crippen LogP contribution in [0, 0.1) is 17.0 Å². The molecule has 0 radical (unpaired) electrons. The van der Waals surface area contributed by atoms with Crippen LogP contribution in [0.3, 0.4) is 0 Å². The molecule has 4 rings (SSSR count). The van der Waals surface area contributed by atoms with Crippen LogP contribution in [-0.2, 0) is 23.9 Å². The molecule has 0 unspecified atom stereocenters. The van der Waals surface area contributed by atoms with Gasteiger partial charge in [0.25, 0.3) is 5.69 Å². The van der Waals surface area contributed by atoms with E-state index in [0.717, 1.165) is 29.3 Å². The quantitative estimate of drug-likeness (QED) is 0.320. The Morgan fingerprint density at radius 3 is 2.37 bits per heavy atom. The Bertz CT molecular complexity index is 1420. The van der Waals surface area contributed by atoms with Crippen LogP contribution in [0.4, 0.5) is 24.5 Å². The molecule has 0 saturated carbocycles. The number of hydrogen-bond acceptors (Lipinski definition) is 5. The monoisotopic (exact) mass is 525 g/mol. The van der Waals surface area contributed by atoms with Crippen LogP contribution in [0.5, 0.6) is 0 Å². The highest BCUT2D eigenvalue weighted by atomic mass is 19.4. The van der Waals surface area contributed by atoms with Gasteiger partial charge in [-0.1, -0.05) is 42.0 Å². The zero-order valence-electron chi connectivity index (χ0n) is 20.1. The van der Waals surface area contributed by atoms with Crippen LogP contribution < -0.4 is 4.90 Å². The van der Waals surface area contributed by atoms with Crippen LogP contribution in [0.15, 0.2) is 79.1 Å². The number of amides is 1. The molecule has 1 heterocycles. The van der Waals surface area contributed by atoms with E-state index in [1.165, 1.54) is 46.5 Å². The molecule has 8 nitrogen and oxygen atoms in total. The van der Waals surface area contributed by atoms with Gasteiger partial charge in [-0.25, -0.2) is 4.79 Å². The number of alkyl halides is 3. The number of hydrogen-bond donors (Lipinski definition) is 1. The molecule has 0 spiro atoms. The van der Waals surface area contributed by atoms with Crippen molar-refractivity contribution in [2.24, 2.45) is 0 Å². The number of halogens is 3. The normalized spacial score (nSPS) is 15.6. The highest BCUT2D eigenvalue weighted by Crippen LogP contribution is 2.35. The lowest BCUT2D eigenvalue weighted by molar-refractivity contribution is -0.384. The minimum atomic E-state index is -4.54. The molecule has 0 aromatic heterocycles. The van der Waals surface area contributed by atoms with Crippen molar-refractivity contribution in [3.63, 3.8) is 0 Å². The minimum Gasteiger partial charge on any atom is -0.478 e. The summed E-state index contributed by atoms with van der Waals surface area (Å²) in [6.07, 6.45) is -1.61. The molecule has 1 atom stereocenters. The summed E-state index contributed by atoms with van der Waals surface area (Å²) in [6, 6.07) is 14.4. The summed E-state index contributed by atoms with van der Waals surface area (Å²) >= 11 is 0. The van der Waals surface area contributed by atoms with Gasteiger partial charge in [0.1, 0.15) is 11.7 Å². The molecule has 0 bridgehead atoms. The molecule has 1 aliphatic rings. The van der Waals surface area contributed by atoms with Gasteiger partial charge in [-0.2, -0.15) is 13.2 Å². The zero-order valence-corrected chi connectivity index (χ0v) is 20.1. The fraction of sp³-hybridized carbons (Fsp3) is 0.185. The van der Waals surface area contributed by atoms with Crippen molar-refractivity contribution in [2.45, 2.75) is 32.1 Å². The second kappa shape index (κ2) is 10.4. The van der Waals surface area contributed by atoms with E-state index in [1.807, 2.05) is 31.2 Å². The van der Waals surface area contributed by atoms with Crippen LogP contribution in [0.1, 0.15) is 32.6 Å². The van der Waals surface area contributed by atoms with E-state index in [4.69, 9.17) is 0 Å². The third-order valence-electron chi connectivity index (χ3n) is 6.17. The molecule has 1 N–H and O–H groups in total. The van der Waals surface area contributed by atoms with Crippen LogP contribution >= 0.6 is 0 Å². The summed E-state index contributed by atoms with van der Waals surface area (Å²) in [5.74, 6) is -1.82. The number of carbonyl (C=O) groups excluding carboxylic acids is 1. The third-order valence-corrected chi connectivity index (χ3v) is 6.17. The number of rotatable bonds is 7. The number of carboxylic acid groups (broad SMARTS) is 1. The number of anilines is 1. The predicted octanol–water partition coefficient (Wildman–Crippen LogP) is 5.55. The maximum Gasteiger partial charge on any atom is 0.416 e. The number of nitro groups is 1. The summed E-state index contributed by atoms with van der Waals surface area (Å²) in [6.45, 7) is 1.76. The molecule has 0 fully saturated rings. The van der Waals surface area contributed by atoms with E-state index in [0.29, 0.717) is 0 Å². The Morgan fingerprint density at radius 1 is 1.03 bits per heavy atom. The van der Waals surface area contributed by atoms with E-state index >= 15 is 0 Å². The highest BCUT2D eigenvalue weighted by molar-refractivity contribution is 5.92. The van der Waals surface area contributed by atoms with Crippen molar-refractivity contribution in [1.29, 1.82) is 0 Å². The first-order valence-corrected chi connectivity index (χ1v) is 11.4. The number of aromatic carboxylic acids is 1. The summed E-state index contributed by atoms with van der Waals surface area (Å²) in [5, 5.41) is 21.1. The number of benzene rings is 3. The summed E-state index contributed by atoms with van der Waals surface area (Å²) in [7, 11) is 0. The second-order valence-electron chi connectivity index (χ2n) is 8.84. The van der Waals surface area contributed by atoms with E-state index in [9.17, 15) is 38.0 Å². The van der Waals surface area contributed by atoms with E-state index < -0.39 is 40.3 Å². The number of nitrogens with zero attached hydrogens (tertiary/aromatic N) is 3. The topological polar surface area (TPSA) is 104 Å². The number of carboxylic acids is 1. The molecule has 196 valence electrons. The highest BCUT2D eigenvalue weighted by Gasteiger charge is 2.36. The molecule has 1 aliphatic heterocycles. The lowest BCUT2D eigenvalue weighted by Gasteiger charge is -2.37. The standard InChI is InChI=1S/C27H22F3N3O5/c1-17-5-7-18(8-6-17)14-24-25(34)31(16-19-3-2-4-21(13-19)27(28,29)30)11-12-32(24)22-10-9-20(26(35)36)15-23(22)33(37)38/h2-13,15,24H,14,16H2,1H3,(H,35,36)/t24-/m0/s1. The maximum atomic E-state index is 13.7. The van der Waals surface area contributed by atoms with Gasteiger partial charge in [-0.15, -0.1) is 0 Å². The van der Waals surface area contributed by atoms with Gasteiger partial charge in [-0.05, 0) is 42.3 Å². The van der Waals surface area contributed by atoms with Gasteiger partial charge >= 0.3 is 12.1 Å². The lowest BCUT2D eigenvalue weighted by atomic mass is 9.99. The summed E-state index contributed by atoms with van der Waals surface area (Å²) in [4.78, 5) is 38.8. The first-order valence-electron chi connectivity index (χ1n) is 11.4. The molecule has 11 heteroatoms. The van der Waals surface area contributed by atoms with Gasteiger partial charge in [0.2, 0.25) is 5.91 Å². The van der Waals surface area contributed by atoms with Gasteiger partial charge in [0.15, 0.2) is 0 Å². The average Bonchev–Trinajstić information content (AvgIpc) is 2.87. The van der Waals surface area contributed by atoms with Crippen LogP contribution in [0.25, 0.3) is 0 Å². The van der Waals surface area contributed by atoms with E-state index in [2.05, 4.69) is 0 Å². The molecule has 0 aliphatic carbocycles. The number of carbonyl (C=O) groups is 2. The minimum absolute atomic E-state index is 0.0143. The van der Waals surface area contributed by atoms with E-state index in [1.54, 1.807) is 0 Å². The van der Waals surface area contributed by atoms with Crippen molar-refractivity contribution in [1.82, 2.24) is 4.90 Å². The van der Waals surface area contributed by atoms with Crippen molar-refractivity contribution in [3.05, 3.63) is 117 Å². The van der Waals surface area contributed by atoms with Crippen molar-refractivity contribution in [3.8, 4) is 0 Å². The van der Waals surface area contributed by atoms with Gasteiger partial charge in [0.05, 0.1) is 22.6 Å². The average molecular weight is 525 g/mol. The molecule has 0 saturated heterocycles. The fourth-order valence-electron chi connectivity index (χ4n) is 4.22. The zero-order chi connectivity index (χ0) is 27.6. The smallest absolute Gasteiger partial charge is 0.416 e. The van der Waals surface area contributed by atoms with Gasteiger partial charge < -0.3 is 14.9 Å². The maximum absolute atomic E-state index is 13.7. The molecule has 3 aromatic rings. The van der Waals surface area contributed by atoms with Gasteiger partial charge in [-0.3, -0.25) is 14.9 Å². The molecular weight excluding hydrogens is 503 g/mol. The third kappa shape index (κ3) is 5.66. The Kier molecular flexibility index (Phi) is 7.20. The summed E-state index contributed by atoms with van der Waals surface area (Å²) < 4.78 is 39.5. The first kappa shape index (κ1) is 26.4. The van der Waals surface area contributed by atoms with E-state index in [-0.39, 0.29) is 29.8 Å². The number of nitro benzene ring substituents is 1. The lowest BCUT2D eigenvalue weighted by Crippen LogP contribution is -2.49. The first-order chi connectivity index (χ1) is 17.9. The van der Waals surface area contributed by atoms with Crippen LogP contribution in [-0.4, -0.2) is 32.8 Å². The Balaban J connectivity index is 1.74. The molecule has 1 amide bonds. The predicted molar refractivity (Wildman–Crippen MR) is 132 cm³/mol. The fourth-order valence-corrected chi connectivity index (χ4v) is 4.22. The van der Waals surface area contributed by atoms with Crippen molar-refractivity contribution >= 4 is 23.3 Å². The summed E-state index contributed by atoms with van der Waals surface area (Å²) in [5.41, 5.74) is 0.411. The van der Waals surface area contributed by atoms with Crippen molar-refractivity contribution < 1.29 is 32.8 Å². The van der Waals surface area contributed by atoms with Crippen LogP contribution in [0.2, 0.25) is 0 Å². The molecule has 38 heavy (non-hydrogen) atoms. The largest absolute Gasteiger partial charge is 0.478 e. The van der Waals surface area contributed by atoms with Gasteiger partial charge in [0, 0.05) is 24.9 Å².